The van der Waals surface area contributed by atoms with Gasteiger partial charge in [-0.25, -0.2) is 0 Å². The van der Waals surface area contributed by atoms with Crippen LogP contribution in [0.25, 0.3) is 0 Å². The molecular formula is C13H20N2O2. The minimum Gasteiger partial charge on any atom is -0.488 e. The Bertz CT molecular complexity index is 368. The molecule has 4 nitrogen and oxygen atoms in total. The number of ether oxygens (including phenoxy) is 1. The third-order valence-electron chi connectivity index (χ3n) is 2.98. The monoisotopic (exact) mass is 236 g/mol. The van der Waals surface area contributed by atoms with Crippen molar-refractivity contribution in [2.45, 2.75) is 25.4 Å². The average Bonchev–Trinajstić information content (AvgIpc) is 2.77. The molecule has 0 spiro atoms. The van der Waals surface area contributed by atoms with Crippen molar-refractivity contribution in [2.24, 2.45) is 5.73 Å². The zero-order chi connectivity index (χ0) is 12.1. The number of aliphatic hydroxyl groups is 1. The molecule has 1 unspecified atom stereocenters. The maximum atomic E-state index is 8.69. The van der Waals surface area contributed by atoms with Crippen LogP contribution in [0.4, 0.5) is 5.69 Å². The van der Waals surface area contributed by atoms with E-state index in [0.29, 0.717) is 6.54 Å². The number of rotatable bonds is 6. The van der Waals surface area contributed by atoms with E-state index in [1.807, 2.05) is 12.1 Å². The van der Waals surface area contributed by atoms with Crippen molar-refractivity contribution in [1.29, 1.82) is 0 Å². The van der Waals surface area contributed by atoms with E-state index in [9.17, 15) is 0 Å². The minimum absolute atomic E-state index is 0.134. The minimum atomic E-state index is 0.134. The summed E-state index contributed by atoms with van der Waals surface area (Å²) in [5.41, 5.74) is 7.94. The van der Waals surface area contributed by atoms with Crippen molar-refractivity contribution in [3.8, 4) is 5.75 Å². The van der Waals surface area contributed by atoms with E-state index >= 15 is 0 Å². The topological polar surface area (TPSA) is 67.5 Å². The van der Waals surface area contributed by atoms with Gasteiger partial charge in [-0.05, 0) is 36.6 Å². The number of hydrogen-bond donors (Lipinski definition) is 3. The molecule has 0 bridgehead atoms. The number of hydrogen-bond acceptors (Lipinski definition) is 4. The van der Waals surface area contributed by atoms with E-state index < -0.39 is 0 Å². The number of benzene rings is 1. The lowest BCUT2D eigenvalue weighted by Crippen LogP contribution is -2.24. The van der Waals surface area contributed by atoms with Gasteiger partial charge in [-0.1, -0.05) is 0 Å². The van der Waals surface area contributed by atoms with Crippen LogP contribution < -0.4 is 15.8 Å². The highest BCUT2D eigenvalue weighted by Gasteiger charge is 2.21. The van der Waals surface area contributed by atoms with Crippen LogP contribution in [0.2, 0.25) is 0 Å². The largest absolute Gasteiger partial charge is 0.488 e. The highest BCUT2D eigenvalue weighted by molar-refractivity contribution is 5.52. The molecule has 1 aromatic rings. The number of nitrogens with one attached hydrogen (secondary N) is 1. The predicted octanol–water partition coefficient (Wildman–Crippen LogP) is 1.13. The number of nitrogens with two attached hydrogens (primary N) is 1. The Labute approximate surface area is 102 Å². The average molecular weight is 236 g/mol. The summed E-state index contributed by atoms with van der Waals surface area (Å²) in [5, 5.41) is 12.0. The van der Waals surface area contributed by atoms with Crippen LogP contribution in [-0.2, 0) is 6.42 Å². The van der Waals surface area contributed by atoms with Gasteiger partial charge in [0.15, 0.2) is 0 Å². The van der Waals surface area contributed by atoms with Gasteiger partial charge in [-0.2, -0.15) is 0 Å². The fraction of sp³-hybridized carbons (Fsp3) is 0.538. The van der Waals surface area contributed by atoms with Crippen molar-refractivity contribution in [1.82, 2.24) is 0 Å². The third kappa shape index (κ3) is 3.11. The quantitative estimate of drug-likeness (QED) is 0.648. The van der Waals surface area contributed by atoms with E-state index in [1.54, 1.807) is 0 Å². The molecule has 1 atom stereocenters. The summed E-state index contributed by atoms with van der Waals surface area (Å²) in [4.78, 5) is 0. The van der Waals surface area contributed by atoms with Gasteiger partial charge in [0, 0.05) is 31.8 Å². The molecule has 0 saturated carbocycles. The van der Waals surface area contributed by atoms with Crippen molar-refractivity contribution in [3.63, 3.8) is 0 Å². The molecule has 0 radical (unpaired) electrons. The van der Waals surface area contributed by atoms with E-state index in [0.717, 1.165) is 37.2 Å². The first-order valence-corrected chi connectivity index (χ1v) is 6.18. The van der Waals surface area contributed by atoms with E-state index in [1.165, 1.54) is 5.56 Å². The van der Waals surface area contributed by atoms with Crippen LogP contribution in [0.1, 0.15) is 18.4 Å². The number of aliphatic hydroxyl groups excluding tert-OH is 1. The van der Waals surface area contributed by atoms with Gasteiger partial charge in [0.1, 0.15) is 11.9 Å². The van der Waals surface area contributed by atoms with Gasteiger partial charge in [0.05, 0.1) is 0 Å². The number of fused-ring (bicyclic) bond motifs is 1. The lowest BCUT2D eigenvalue weighted by Gasteiger charge is -2.07. The molecule has 1 aliphatic heterocycles. The maximum Gasteiger partial charge on any atom is 0.123 e. The Kier molecular flexibility index (Phi) is 4.23. The molecule has 1 heterocycles. The molecule has 0 saturated heterocycles. The molecule has 4 heteroatoms. The zero-order valence-electron chi connectivity index (χ0n) is 9.98. The SMILES string of the molecule is NCC1Cc2cc(NCCCCO)ccc2O1. The van der Waals surface area contributed by atoms with E-state index in [2.05, 4.69) is 11.4 Å². The van der Waals surface area contributed by atoms with Gasteiger partial charge >= 0.3 is 0 Å². The van der Waals surface area contributed by atoms with Crippen LogP contribution >= 0.6 is 0 Å². The summed E-state index contributed by atoms with van der Waals surface area (Å²) >= 11 is 0. The van der Waals surface area contributed by atoms with E-state index in [4.69, 9.17) is 15.6 Å². The standard InChI is InChI=1S/C13H20N2O2/c14-9-12-8-10-7-11(3-4-13(10)17-12)15-5-1-2-6-16/h3-4,7,12,15-16H,1-2,5-6,8-9,14H2. The summed E-state index contributed by atoms with van der Waals surface area (Å²) in [5.74, 6) is 0.960. The maximum absolute atomic E-state index is 8.69. The summed E-state index contributed by atoms with van der Waals surface area (Å²) in [6.07, 6.45) is 2.86. The second-order valence-electron chi connectivity index (χ2n) is 4.36. The Morgan fingerprint density at radius 2 is 2.29 bits per heavy atom. The summed E-state index contributed by atoms with van der Waals surface area (Å²) in [6.45, 7) is 1.71. The number of unbranched alkanes of at least 4 members (excludes halogenated alkanes) is 1. The third-order valence-corrected chi connectivity index (χ3v) is 2.98. The van der Waals surface area contributed by atoms with Crippen LogP contribution in [0.15, 0.2) is 18.2 Å². The highest BCUT2D eigenvalue weighted by Crippen LogP contribution is 2.30. The fourth-order valence-corrected chi connectivity index (χ4v) is 2.03. The molecule has 0 aliphatic carbocycles. The Morgan fingerprint density at radius 3 is 3.06 bits per heavy atom. The first-order chi connectivity index (χ1) is 8.33. The first-order valence-electron chi connectivity index (χ1n) is 6.18. The second kappa shape index (κ2) is 5.89. The molecule has 4 N–H and O–H groups in total. The lowest BCUT2D eigenvalue weighted by atomic mass is 10.1. The van der Waals surface area contributed by atoms with Gasteiger partial charge < -0.3 is 20.9 Å². The lowest BCUT2D eigenvalue weighted by molar-refractivity contribution is 0.241. The van der Waals surface area contributed by atoms with Crippen molar-refractivity contribution in [2.75, 3.05) is 25.0 Å². The van der Waals surface area contributed by atoms with Gasteiger partial charge in [-0.3, -0.25) is 0 Å². The molecule has 0 aromatic heterocycles. The summed E-state index contributed by atoms with van der Waals surface area (Å²) in [6, 6.07) is 6.15. The van der Waals surface area contributed by atoms with Crippen molar-refractivity contribution in [3.05, 3.63) is 23.8 Å². The molecule has 17 heavy (non-hydrogen) atoms. The Hall–Kier alpha value is -1.26. The zero-order valence-corrected chi connectivity index (χ0v) is 9.98. The smallest absolute Gasteiger partial charge is 0.123 e. The molecule has 0 fully saturated rings. The molecule has 1 aliphatic rings. The molecule has 2 rings (SSSR count). The van der Waals surface area contributed by atoms with Gasteiger partial charge in [0.2, 0.25) is 0 Å². The van der Waals surface area contributed by atoms with Crippen LogP contribution in [0.3, 0.4) is 0 Å². The normalized spacial score (nSPS) is 17.6. The first kappa shape index (κ1) is 12.2. The van der Waals surface area contributed by atoms with Crippen LogP contribution in [-0.4, -0.2) is 30.9 Å². The Morgan fingerprint density at radius 1 is 1.41 bits per heavy atom. The van der Waals surface area contributed by atoms with Crippen LogP contribution in [0, 0.1) is 0 Å². The summed E-state index contributed by atoms with van der Waals surface area (Å²) in [7, 11) is 0. The van der Waals surface area contributed by atoms with Crippen molar-refractivity contribution >= 4 is 5.69 Å². The summed E-state index contributed by atoms with van der Waals surface area (Å²) < 4.78 is 5.67. The molecule has 94 valence electrons. The molecular weight excluding hydrogens is 216 g/mol. The number of anilines is 1. The second-order valence-corrected chi connectivity index (χ2v) is 4.36. The Balaban J connectivity index is 1.89. The van der Waals surface area contributed by atoms with Crippen LogP contribution in [0.5, 0.6) is 5.75 Å². The molecule has 0 amide bonds. The van der Waals surface area contributed by atoms with E-state index in [-0.39, 0.29) is 12.7 Å². The predicted molar refractivity (Wildman–Crippen MR) is 68.4 cm³/mol. The highest BCUT2D eigenvalue weighted by atomic mass is 16.5. The van der Waals surface area contributed by atoms with Crippen molar-refractivity contribution < 1.29 is 9.84 Å². The fourth-order valence-electron chi connectivity index (χ4n) is 2.03. The van der Waals surface area contributed by atoms with Gasteiger partial charge in [-0.15, -0.1) is 0 Å². The van der Waals surface area contributed by atoms with Gasteiger partial charge in [0.25, 0.3) is 0 Å². The molecule has 1 aromatic carbocycles.